The third kappa shape index (κ3) is 5.05. The van der Waals surface area contributed by atoms with Crippen LogP contribution < -0.4 is 4.74 Å². The molecule has 0 amide bonds. The molecule has 0 aromatic heterocycles. The van der Waals surface area contributed by atoms with E-state index in [4.69, 9.17) is 9.47 Å². The van der Waals surface area contributed by atoms with Crippen molar-refractivity contribution in [3.8, 4) is 5.75 Å². The Kier molecular flexibility index (Phi) is 5.78. The van der Waals surface area contributed by atoms with Gasteiger partial charge in [0.2, 0.25) is 0 Å². The maximum Gasteiger partial charge on any atom is 0.119 e. The van der Waals surface area contributed by atoms with Gasteiger partial charge in [0, 0.05) is 7.11 Å². The van der Waals surface area contributed by atoms with Crippen molar-refractivity contribution in [3.05, 3.63) is 35.9 Å². The second-order valence-corrected chi connectivity index (χ2v) is 4.54. The summed E-state index contributed by atoms with van der Waals surface area (Å²) >= 11 is 0. The number of rotatable bonds is 6. The fraction of sp³-hybridized carbons (Fsp3) is 0.467. The molecule has 0 N–H and O–H groups in total. The summed E-state index contributed by atoms with van der Waals surface area (Å²) in [5, 5.41) is 0. The standard InChI is InChI=1S/C15H22O2/c1-12(2)10-15(17-4)9-8-13-6-5-7-14(11-13)16-3/h5-9,11-12,15H,10H2,1-4H3. The molecular formula is C15H22O2. The van der Waals surface area contributed by atoms with Crippen LogP contribution in [-0.2, 0) is 4.74 Å². The van der Waals surface area contributed by atoms with Gasteiger partial charge in [-0.2, -0.15) is 0 Å². The highest BCUT2D eigenvalue weighted by Gasteiger charge is 2.05. The summed E-state index contributed by atoms with van der Waals surface area (Å²) < 4.78 is 10.6. The number of benzene rings is 1. The molecule has 0 bridgehead atoms. The molecule has 1 unspecified atom stereocenters. The minimum Gasteiger partial charge on any atom is -0.497 e. The van der Waals surface area contributed by atoms with Gasteiger partial charge in [-0.05, 0) is 30.0 Å². The molecule has 0 saturated carbocycles. The third-order valence-corrected chi connectivity index (χ3v) is 2.60. The van der Waals surface area contributed by atoms with E-state index < -0.39 is 0 Å². The van der Waals surface area contributed by atoms with Crippen LogP contribution >= 0.6 is 0 Å². The zero-order valence-corrected chi connectivity index (χ0v) is 11.1. The highest BCUT2D eigenvalue weighted by Crippen LogP contribution is 2.15. The lowest BCUT2D eigenvalue weighted by molar-refractivity contribution is 0.123. The Bertz CT molecular complexity index is 356. The smallest absolute Gasteiger partial charge is 0.119 e. The van der Waals surface area contributed by atoms with E-state index in [2.05, 4.69) is 32.1 Å². The van der Waals surface area contributed by atoms with Crippen LogP contribution in [0.1, 0.15) is 25.8 Å². The van der Waals surface area contributed by atoms with Gasteiger partial charge >= 0.3 is 0 Å². The molecule has 0 saturated heterocycles. The van der Waals surface area contributed by atoms with Crippen molar-refractivity contribution >= 4 is 6.08 Å². The maximum atomic E-state index is 5.42. The van der Waals surface area contributed by atoms with Gasteiger partial charge in [-0.1, -0.05) is 38.1 Å². The van der Waals surface area contributed by atoms with Gasteiger partial charge in [0.15, 0.2) is 0 Å². The molecule has 1 atom stereocenters. The van der Waals surface area contributed by atoms with Gasteiger partial charge in [-0.25, -0.2) is 0 Å². The Morgan fingerprint density at radius 3 is 2.59 bits per heavy atom. The normalized spacial score (nSPS) is 13.2. The average Bonchev–Trinajstić information content (AvgIpc) is 2.34. The quantitative estimate of drug-likeness (QED) is 0.746. The second kappa shape index (κ2) is 7.13. The predicted octanol–water partition coefficient (Wildman–Crippen LogP) is 3.77. The molecule has 1 aromatic rings. The van der Waals surface area contributed by atoms with Crippen molar-refractivity contribution in [2.75, 3.05) is 14.2 Å². The monoisotopic (exact) mass is 234 g/mol. The minimum absolute atomic E-state index is 0.182. The molecule has 0 aliphatic rings. The van der Waals surface area contributed by atoms with Crippen molar-refractivity contribution in [3.63, 3.8) is 0 Å². The summed E-state index contributed by atoms with van der Waals surface area (Å²) in [5.41, 5.74) is 1.13. The van der Waals surface area contributed by atoms with E-state index in [1.54, 1.807) is 14.2 Å². The molecule has 2 nitrogen and oxygen atoms in total. The highest BCUT2D eigenvalue weighted by molar-refractivity contribution is 5.52. The Hall–Kier alpha value is -1.28. The molecule has 0 heterocycles. The first kappa shape index (κ1) is 13.8. The van der Waals surface area contributed by atoms with Crippen LogP contribution in [0.2, 0.25) is 0 Å². The topological polar surface area (TPSA) is 18.5 Å². The van der Waals surface area contributed by atoms with Crippen LogP contribution in [0.25, 0.3) is 6.08 Å². The first-order valence-corrected chi connectivity index (χ1v) is 6.00. The van der Waals surface area contributed by atoms with Crippen LogP contribution in [0, 0.1) is 5.92 Å². The summed E-state index contributed by atoms with van der Waals surface area (Å²) in [7, 11) is 3.43. The summed E-state index contributed by atoms with van der Waals surface area (Å²) in [6.07, 6.45) is 5.41. The van der Waals surface area contributed by atoms with E-state index in [1.165, 1.54) is 0 Å². The van der Waals surface area contributed by atoms with Crippen LogP contribution in [0.5, 0.6) is 5.75 Å². The zero-order chi connectivity index (χ0) is 12.7. The Morgan fingerprint density at radius 1 is 1.24 bits per heavy atom. The summed E-state index contributed by atoms with van der Waals surface area (Å²) in [5.74, 6) is 1.51. The first-order chi connectivity index (χ1) is 8.15. The second-order valence-electron chi connectivity index (χ2n) is 4.54. The maximum absolute atomic E-state index is 5.42. The van der Waals surface area contributed by atoms with Crippen LogP contribution in [-0.4, -0.2) is 20.3 Å². The van der Waals surface area contributed by atoms with Gasteiger partial charge in [0.1, 0.15) is 5.75 Å². The van der Waals surface area contributed by atoms with Gasteiger partial charge in [0.25, 0.3) is 0 Å². The Morgan fingerprint density at radius 2 is 2.00 bits per heavy atom. The van der Waals surface area contributed by atoms with Crippen molar-refractivity contribution in [1.82, 2.24) is 0 Å². The van der Waals surface area contributed by atoms with Crippen molar-refractivity contribution in [1.29, 1.82) is 0 Å². The fourth-order valence-corrected chi connectivity index (χ4v) is 1.68. The molecule has 94 valence electrons. The van der Waals surface area contributed by atoms with Crippen LogP contribution in [0.3, 0.4) is 0 Å². The fourth-order valence-electron chi connectivity index (χ4n) is 1.68. The van der Waals surface area contributed by atoms with Crippen LogP contribution in [0.15, 0.2) is 30.3 Å². The summed E-state index contributed by atoms with van der Waals surface area (Å²) in [4.78, 5) is 0. The SMILES string of the molecule is COc1cccc(C=CC(CC(C)C)OC)c1. The molecule has 0 radical (unpaired) electrons. The van der Waals surface area contributed by atoms with E-state index in [1.807, 2.05) is 18.2 Å². The van der Waals surface area contributed by atoms with Gasteiger partial charge in [0.05, 0.1) is 13.2 Å². The lowest BCUT2D eigenvalue weighted by Gasteiger charge is -2.13. The number of methoxy groups -OCH3 is 2. The molecule has 1 aromatic carbocycles. The highest BCUT2D eigenvalue weighted by atomic mass is 16.5. The van der Waals surface area contributed by atoms with Crippen molar-refractivity contribution in [2.45, 2.75) is 26.4 Å². The Balaban J connectivity index is 2.67. The third-order valence-electron chi connectivity index (χ3n) is 2.60. The minimum atomic E-state index is 0.182. The van der Waals surface area contributed by atoms with Crippen LogP contribution in [0.4, 0.5) is 0 Å². The van der Waals surface area contributed by atoms with Crippen molar-refractivity contribution in [2.24, 2.45) is 5.92 Å². The van der Waals surface area contributed by atoms with Gasteiger partial charge in [-0.15, -0.1) is 0 Å². The van der Waals surface area contributed by atoms with E-state index in [0.717, 1.165) is 17.7 Å². The zero-order valence-electron chi connectivity index (χ0n) is 11.1. The molecule has 1 rings (SSSR count). The van der Waals surface area contributed by atoms with Crippen molar-refractivity contribution < 1.29 is 9.47 Å². The van der Waals surface area contributed by atoms with E-state index in [0.29, 0.717) is 5.92 Å². The molecule has 0 fully saturated rings. The largest absolute Gasteiger partial charge is 0.497 e. The molecule has 0 aliphatic heterocycles. The summed E-state index contributed by atoms with van der Waals surface area (Å²) in [6.45, 7) is 4.40. The lowest BCUT2D eigenvalue weighted by Crippen LogP contribution is -2.09. The molecule has 0 spiro atoms. The molecule has 2 heteroatoms. The van der Waals surface area contributed by atoms with Gasteiger partial charge < -0.3 is 9.47 Å². The molecular weight excluding hydrogens is 212 g/mol. The molecule has 0 aliphatic carbocycles. The first-order valence-electron chi connectivity index (χ1n) is 6.00. The van der Waals surface area contributed by atoms with E-state index in [9.17, 15) is 0 Å². The van der Waals surface area contributed by atoms with E-state index >= 15 is 0 Å². The Labute approximate surface area is 104 Å². The average molecular weight is 234 g/mol. The molecule has 17 heavy (non-hydrogen) atoms. The van der Waals surface area contributed by atoms with E-state index in [-0.39, 0.29) is 6.10 Å². The lowest BCUT2D eigenvalue weighted by atomic mass is 10.0. The summed E-state index contributed by atoms with van der Waals surface area (Å²) in [6, 6.07) is 8.00. The number of hydrogen-bond acceptors (Lipinski definition) is 2. The number of hydrogen-bond donors (Lipinski definition) is 0. The number of ether oxygens (including phenoxy) is 2. The predicted molar refractivity (Wildman–Crippen MR) is 72.3 cm³/mol. The van der Waals surface area contributed by atoms with Gasteiger partial charge in [-0.3, -0.25) is 0 Å².